The third-order valence-corrected chi connectivity index (χ3v) is 2.82. The molecular formula is C11H23N3O2. The lowest BCUT2D eigenvalue weighted by Gasteiger charge is -2.29. The average molecular weight is 229 g/mol. The molecule has 1 aliphatic rings. The van der Waals surface area contributed by atoms with E-state index in [9.17, 15) is 5.11 Å². The second-order valence-corrected chi connectivity index (χ2v) is 4.22. The zero-order valence-corrected chi connectivity index (χ0v) is 9.73. The Hall–Kier alpha value is -0.780. The van der Waals surface area contributed by atoms with Crippen molar-refractivity contribution in [2.45, 2.75) is 25.4 Å². The van der Waals surface area contributed by atoms with Gasteiger partial charge < -0.3 is 26.2 Å². The zero-order valence-electron chi connectivity index (χ0n) is 9.73. The number of rotatable bonds is 6. The summed E-state index contributed by atoms with van der Waals surface area (Å²) >= 11 is 0. The van der Waals surface area contributed by atoms with E-state index < -0.39 is 0 Å². The monoisotopic (exact) mass is 229 g/mol. The topological polar surface area (TPSA) is 81.8 Å². The number of aliphatic hydroxyl groups excluding tert-OH is 2. The zero-order chi connectivity index (χ0) is 11.8. The molecule has 0 radical (unpaired) electrons. The second-order valence-electron chi connectivity index (χ2n) is 4.22. The van der Waals surface area contributed by atoms with Gasteiger partial charge in [0, 0.05) is 51.1 Å². The summed E-state index contributed by atoms with van der Waals surface area (Å²) in [5.74, 6) is 0. The van der Waals surface area contributed by atoms with Gasteiger partial charge in [-0.1, -0.05) is 0 Å². The van der Waals surface area contributed by atoms with Gasteiger partial charge >= 0.3 is 0 Å². The molecular weight excluding hydrogens is 206 g/mol. The van der Waals surface area contributed by atoms with Crippen molar-refractivity contribution in [1.29, 1.82) is 0 Å². The summed E-state index contributed by atoms with van der Waals surface area (Å²) in [4.78, 5) is 2.33. The molecule has 0 aromatic carbocycles. The Morgan fingerprint density at radius 3 is 2.75 bits per heavy atom. The lowest BCUT2D eigenvalue weighted by Crippen LogP contribution is -2.39. The fraction of sp³-hybridized carbons (Fsp3) is 0.818. The molecule has 0 aromatic heterocycles. The third kappa shape index (κ3) is 5.34. The predicted molar refractivity (Wildman–Crippen MR) is 63.7 cm³/mol. The average Bonchev–Trinajstić information content (AvgIpc) is 2.27. The van der Waals surface area contributed by atoms with Crippen LogP contribution in [0, 0.1) is 0 Å². The molecule has 94 valence electrons. The fourth-order valence-electron chi connectivity index (χ4n) is 1.77. The standard InChI is InChI=1S/C11H23N3O2/c12-10(3-8-15)9-13-4-7-14-5-1-11(16)2-6-14/h9,11,13,15-16H,1-8,12H2/b10-9-. The molecule has 1 aliphatic heterocycles. The highest BCUT2D eigenvalue weighted by atomic mass is 16.3. The summed E-state index contributed by atoms with van der Waals surface area (Å²) in [6, 6.07) is 0. The first kappa shape index (κ1) is 13.3. The van der Waals surface area contributed by atoms with E-state index in [0.717, 1.165) is 39.0 Å². The predicted octanol–water partition coefficient (Wildman–Crippen LogP) is -0.785. The van der Waals surface area contributed by atoms with Gasteiger partial charge in [-0.2, -0.15) is 0 Å². The molecule has 1 rings (SSSR count). The molecule has 16 heavy (non-hydrogen) atoms. The molecule has 0 spiro atoms. The molecule has 0 saturated carbocycles. The van der Waals surface area contributed by atoms with E-state index in [4.69, 9.17) is 10.8 Å². The molecule has 5 N–H and O–H groups in total. The third-order valence-electron chi connectivity index (χ3n) is 2.82. The van der Waals surface area contributed by atoms with E-state index in [2.05, 4.69) is 10.2 Å². The Labute approximate surface area is 96.9 Å². The minimum atomic E-state index is -0.107. The number of nitrogens with two attached hydrogens (primary N) is 1. The number of aliphatic hydroxyl groups is 2. The largest absolute Gasteiger partial charge is 0.401 e. The molecule has 1 heterocycles. The van der Waals surface area contributed by atoms with E-state index in [1.165, 1.54) is 0 Å². The molecule has 0 atom stereocenters. The molecule has 0 aliphatic carbocycles. The van der Waals surface area contributed by atoms with Gasteiger partial charge in [-0.05, 0) is 12.8 Å². The van der Waals surface area contributed by atoms with Gasteiger partial charge in [-0.15, -0.1) is 0 Å². The molecule has 5 nitrogen and oxygen atoms in total. The van der Waals surface area contributed by atoms with Crippen LogP contribution < -0.4 is 11.1 Å². The van der Waals surface area contributed by atoms with Crippen LogP contribution in [-0.2, 0) is 0 Å². The Kier molecular flexibility index (Phi) is 6.22. The minimum absolute atomic E-state index is 0.0913. The van der Waals surface area contributed by atoms with E-state index >= 15 is 0 Å². The molecule has 0 bridgehead atoms. The first-order chi connectivity index (χ1) is 7.72. The summed E-state index contributed by atoms with van der Waals surface area (Å²) in [7, 11) is 0. The maximum Gasteiger partial charge on any atom is 0.0564 e. The Bertz CT molecular complexity index is 213. The quantitative estimate of drug-likeness (QED) is 0.449. The number of hydrogen-bond acceptors (Lipinski definition) is 5. The molecule has 1 fully saturated rings. The Morgan fingerprint density at radius 2 is 2.12 bits per heavy atom. The van der Waals surface area contributed by atoms with Crippen LogP contribution in [0.4, 0.5) is 0 Å². The van der Waals surface area contributed by atoms with E-state index in [-0.39, 0.29) is 12.7 Å². The highest BCUT2D eigenvalue weighted by Crippen LogP contribution is 2.08. The van der Waals surface area contributed by atoms with Crippen LogP contribution in [0.2, 0.25) is 0 Å². The highest BCUT2D eigenvalue weighted by Gasteiger charge is 2.15. The molecule has 0 aromatic rings. The van der Waals surface area contributed by atoms with Crippen LogP contribution in [0.15, 0.2) is 11.9 Å². The number of hydrogen-bond donors (Lipinski definition) is 4. The smallest absolute Gasteiger partial charge is 0.0564 e. The first-order valence-electron chi connectivity index (χ1n) is 5.91. The van der Waals surface area contributed by atoms with Gasteiger partial charge in [-0.25, -0.2) is 0 Å². The van der Waals surface area contributed by atoms with Crippen LogP contribution in [0.3, 0.4) is 0 Å². The first-order valence-corrected chi connectivity index (χ1v) is 5.91. The van der Waals surface area contributed by atoms with Gasteiger partial charge in [-0.3, -0.25) is 0 Å². The summed E-state index contributed by atoms with van der Waals surface area (Å²) < 4.78 is 0. The molecule has 0 unspecified atom stereocenters. The van der Waals surface area contributed by atoms with Gasteiger partial charge in [0.2, 0.25) is 0 Å². The van der Waals surface area contributed by atoms with E-state index in [0.29, 0.717) is 12.1 Å². The van der Waals surface area contributed by atoms with Crippen molar-refractivity contribution in [2.75, 3.05) is 32.8 Å². The van der Waals surface area contributed by atoms with E-state index in [1.807, 2.05) is 0 Å². The highest BCUT2D eigenvalue weighted by molar-refractivity contribution is 4.94. The van der Waals surface area contributed by atoms with Crippen molar-refractivity contribution in [3.63, 3.8) is 0 Å². The van der Waals surface area contributed by atoms with Gasteiger partial charge in [0.05, 0.1) is 6.10 Å². The van der Waals surface area contributed by atoms with Gasteiger partial charge in [0.25, 0.3) is 0 Å². The summed E-state index contributed by atoms with van der Waals surface area (Å²) in [6.07, 6.45) is 3.92. The molecule has 0 amide bonds. The Balaban J connectivity index is 2.05. The number of nitrogens with one attached hydrogen (secondary N) is 1. The molecule has 1 saturated heterocycles. The summed E-state index contributed by atoms with van der Waals surface area (Å²) in [5, 5.41) is 21.1. The van der Waals surface area contributed by atoms with E-state index in [1.54, 1.807) is 6.20 Å². The lowest BCUT2D eigenvalue weighted by molar-refractivity contribution is 0.0834. The van der Waals surface area contributed by atoms with Crippen molar-refractivity contribution in [1.82, 2.24) is 10.2 Å². The van der Waals surface area contributed by atoms with Crippen LogP contribution in [0.5, 0.6) is 0 Å². The van der Waals surface area contributed by atoms with Crippen molar-refractivity contribution in [3.05, 3.63) is 11.9 Å². The number of piperidine rings is 1. The number of likely N-dealkylation sites (tertiary alicyclic amines) is 1. The van der Waals surface area contributed by atoms with Crippen LogP contribution in [0.25, 0.3) is 0 Å². The van der Waals surface area contributed by atoms with Crippen molar-refractivity contribution in [3.8, 4) is 0 Å². The van der Waals surface area contributed by atoms with Crippen LogP contribution in [0.1, 0.15) is 19.3 Å². The fourth-order valence-corrected chi connectivity index (χ4v) is 1.77. The van der Waals surface area contributed by atoms with Crippen molar-refractivity contribution >= 4 is 0 Å². The SMILES string of the molecule is N/C(=C\NCCN1CCC(O)CC1)CCO. The van der Waals surface area contributed by atoms with Crippen molar-refractivity contribution < 1.29 is 10.2 Å². The minimum Gasteiger partial charge on any atom is -0.401 e. The lowest BCUT2D eigenvalue weighted by atomic mass is 10.1. The maximum atomic E-state index is 9.34. The maximum absolute atomic E-state index is 9.34. The van der Waals surface area contributed by atoms with Crippen LogP contribution >= 0.6 is 0 Å². The van der Waals surface area contributed by atoms with Crippen molar-refractivity contribution in [2.24, 2.45) is 5.73 Å². The number of nitrogens with zero attached hydrogens (tertiary/aromatic N) is 1. The summed E-state index contributed by atoms with van der Waals surface area (Å²) in [5.41, 5.74) is 6.29. The second kappa shape index (κ2) is 7.49. The Morgan fingerprint density at radius 1 is 1.44 bits per heavy atom. The van der Waals surface area contributed by atoms with Gasteiger partial charge in [0.15, 0.2) is 0 Å². The normalized spacial score (nSPS) is 20.0. The summed E-state index contributed by atoms with van der Waals surface area (Å²) in [6.45, 7) is 3.85. The van der Waals surface area contributed by atoms with Crippen LogP contribution in [-0.4, -0.2) is 54.0 Å². The van der Waals surface area contributed by atoms with Gasteiger partial charge in [0.1, 0.15) is 0 Å². The molecule has 5 heteroatoms.